The molecule has 0 spiro atoms. The fourth-order valence-electron chi connectivity index (χ4n) is 1.66. The molecule has 0 amide bonds. The quantitative estimate of drug-likeness (QED) is 0.871. The van der Waals surface area contributed by atoms with Crippen molar-refractivity contribution in [2.24, 2.45) is 0 Å². The number of ether oxygens (including phenoxy) is 2. The van der Waals surface area contributed by atoms with Gasteiger partial charge in [-0.2, -0.15) is 4.98 Å². The Morgan fingerprint density at radius 2 is 1.86 bits per heavy atom. The number of halogens is 1. The molecule has 0 unspecified atom stereocenters. The summed E-state index contributed by atoms with van der Waals surface area (Å²) in [5.74, 6) is 1.51. The van der Waals surface area contributed by atoms with Gasteiger partial charge in [-0.1, -0.05) is 6.07 Å². The fourth-order valence-corrected chi connectivity index (χ4v) is 2.24. The van der Waals surface area contributed by atoms with Crippen molar-refractivity contribution in [2.45, 2.75) is 33.3 Å². The van der Waals surface area contributed by atoms with Gasteiger partial charge in [0.05, 0.1) is 10.2 Å². The molecule has 0 aliphatic carbocycles. The van der Waals surface area contributed by atoms with Gasteiger partial charge < -0.3 is 15.2 Å². The average Bonchev–Trinajstić information content (AvgIpc) is 2.35. The minimum Gasteiger partial charge on any atom is -0.470 e. The molecule has 1 heterocycles. The number of anilines is 1. The van der Waals surface area contributed by atoms with E-state index in [9.17, 15) is 0 Å². The van der Waals surface area contributed by atoms with Crippen LogP contribution in [0.5, 0.6) is 17.5 Å². The number of pyridine rings is 1. The van der Waals surface area contributed by atoms with E-state index in [1.807, 2.05) is 45.9 Å². The van der Waals surface area contributed by atoms with Gasteiger partial charge >= 0.3 is 0 Å². The monoisotopic (exact) mass is 350 g/mol. The molecular formula is C16H19BrN2O2. The highest BCUT2D eigenvalue weighted by atomic mass is 79.9. The number of benzene rings is 1. The zero-order valence-corrected chi connectivity index (χ0v) is 14.2. The van der Waals surface area contributed by atoms with E-state index in [-0.39, 0.29) is 5.60 Å². The zero-order valence-electron chi connectivity index (χ0n) is 12.6. The summed E-state index contributed by atoms with van der Waals surface area (Å²) in [6.45, 7) is 7.85. The number of aromatic nitrogens is 1. The normalized spacial score (nSPS) is 11.3. The topological polar surface area (TPSA) is 57.4 Å². The van der Waals surface area contributed by atoms with Gasteiger partial charge in [-0.25, -0.2) is 0 Å². The molecule has 4 nitrogen and oxygen atoms in total. The molecule has 0 radical (unpaired) electrons. The number of aryl methyl sites for hydroxylation is 1. The molecule has 21 heavy (non-hydrogen) atoms. The van der Waals surface area contributed by atoms with Crippen molar-refractivity contribution in [3.8, 4) is 17.5 Å². The second-order valence-corrected chi connectivity index (χ2v) is 6.65. The largest absolute Gasteiger partial charge is 0.470 e. The fraction of sp³-hybridized carbons (Fsp3) is 0.312. The van der Waals surface area contributed by atoms with E-state index < -0.39 is 0 Å². The first-order chi connectivity index (χ1) is 9.74. The van der Waals surface area contributed by atoms with Crippen molar-refractivity contribution in [1.82, 2.24) is 4.98 Å². The lowest BCUT2D eigenvalue weighted by Gasteiger charge is -2.21. The Morgan fingerprint density at radius 1 is 1.14 bits per heavy atom. The summed E-state index contributed by atoms with van der Waals surface area (Å²) in [5.41, 5.74) is 7.15. The maximum atomic E-state index is 5.89. The molecule has 0 fully saturated rings. The van der Waals surface area contributed by atoms with Crippen LogP contribution in [0.2, 0.25) is 0 Å². The van der Waals surface area contributed by atoms with Crippen LogP contribution in [-0.4, -0.2) is 10.6 Å². The summed E-state index contributed by atoms with van der Waals surface area (Å²) < 4.78 is 12.4. The highest BCUT2D eigenvalue weighted by Crippen LogP contribution is 2.32. The molecule has 2 aromatic rings. The Labute approximate surface area is 133 Å². The maximum Gasteiger partial charge on any atom is 0.241 e. The summed E-state index contributed by atoms with van der Waals surface area (Å²) in [7, 11) is 0. The second-order valence-electron chi connectivity index (χ2n) is 5.79. The highest BCUT2D eigenvalue weighted by molar-refractivity contribution is 9.10. The number of rotatable bonds is 3. The van der Waals surface area contributed by atoms with E-state index in [1.165, 1.54) is 0 Å². The molecule has 0 atom stereocenters. The molecule has 0 aliphatic rings. The van der Waals surface area contributed by atoms with Crippen LogP contribution in [0.15, 0.2) is 34.8 Å². The van der Waals surface area contributed by atoms with E-state index in [0.29, 0.717) is 23.2 Å². The molecule has 2 N–H and O–H groups in total. The molecule has 1 aromatic carbocycles. The predicted octanol–water partition coefficient (Wildman–Crippen LogP) is 4.70. The van der Waals surface area contributed by atoms with E-state index in [0.717, 1.165) is 10.0 Å². The Morgan fingerprint density at radius 3 is 2.48 bits per heavy atom. The molecule has 0 aliphatic heterocycles. The number of nitrogen functional groups attached to an aromatic ring is 1. The standard InChI is InChI=1S/C16H19BrN2O2/c1-10-5-7-13(11(17)9-10)20-14-8-6-12(18)15(19-14)21-16(2,3)4/h5-9H,18H2,1-4H3. The third-order valence-corrected chi connectivity index (χ3v) is 3.19. The van der Waals surface area contributed by atoms with Crippen LogP contribution < -0.4 is 15.2 Å². The van der Waals surface area contributed by atoms with E-state index >= 15 is 0 Å². The van der Waals surface area contributed by atoms with Crippen molar-refractivity contribution in [3.05, 3.63) is 40.4 Å². The molecule has 0 saturated carbocycles. The molecule has 5 heteroatoms. The summed E-state index contributed by atoms with van der Waals surface area (Å²) in [6.07, 6.45) is 0. The lowest BCUT2D eigenvalue weighted by Crippen LogP contribution is -2.24. The van der Waals surface area contributed by atoms with Crippen LogP contribution in [0.3, 0.4) is 0 Å². The van der Waals surface area contributed by atoms with Crippen molar-refractivity contribution in [2.75, 3.05) is 5.73 Å². The van der Waals surface area contributed by atoms with Crippen LogP contribution >= 0.6 is 15.9 Å². The predicted molar refractivity (Wildman–Crippen MR) is 88.0 cm³/mol. The lowest BCUT2D eigenvalue weighted by molar-refractivity contribution is 0.124. The highest BCUT2D eigenvalue weighted by Gasteiger charge is 2.16. The summed E-state index contributed by atoms with van der Waals surface area (Å²) in [4.78, 5) is 4.33. The molecular weight excluding hydrogens is 332 g/mol. The summed E-state index contributed by atoms with van der Waals surface area (Å²) in [5, 5.41) is 0. The van der Waals surface area contributed by atoms with Crippen LogP contribution in [-0.2, 0) is 0 Å². The van der Waals surface area contributed by atoms with Crippen LogP contribution in [0, 0.1) is 6.92 Å². The summed E-state index contributed by atoms with van der Waals surface area (Å²) in [6, 6.07) is 9.30. The Kier molecular flexibility index (Phi) is 4.42. The molecule has 0 saturated heterocycles. The van der Waals surface area contributed by atoms with Crippen LogP contribution in [0.25, 0.3) is 0 Å². The van der Waals surface area contributed by atoms with Gasteiger partial charge in [0, 0.05) is 6.07 Å². The van der Waals surface area contributed by atoms with Crippen LogP contribution in [0.4, 0.5) is 5.69 Å². The lowest BCUT2D eigenvalue weighted by atomic mass is 10.2. The third-order valence-electron chi connectivity index (χ3n) is 2.57. The van der Waals surface area contributed by atoms with Crippen molar-refractivity contribution in [1.29, 1.82) is 0 Å². The average molecular weight is 351 g/mol. The van der Waals surface area contributed by atoms with Gasteiger partial charge in [0.1, 0.15) is 11.4 Å². The minimum absolute atomic E-state index is 0.371. The first-order valence-electron chi connectivity index (χ1n) is 6.64. The van der Waals surface area contributed by atoms with Crippen LogP contribution in [0.1, 0.15) is 26.3 Å². The van der Waals surface area contributed by atoms with Crippen molar-refractivity contribution in [3.63, 3.8) is 0 Å². The third kappa shape index (κ3) is 4.36. The zero-order chi connectivity index (χ0) is 15.6. The van der Waals surface area contributed by atoms with Gasteiger partial charge in [-0.3, -0.25) is 0 Å². The first kappa shape index (κ1) is 15.6. The molecule has 1 aromatic heterocycles. The second kappa shape index (κ2) is 5.93. The molecule has 2 rings (SSSR count). The van der Waals surface area contributed by atoms with E-state index in [4.69, 9.17) is 15.2 Å². The van der Waals surface area contributed by atoms with Gasteiger partial charge in [0.15, 0.2) is 0 Å². The number of nitrogens with zero attached hydrogens (tertiary/aromatic N) is 1. The Balaban J connectivity index is 2.26. The van der Waals surface area contributed by atoms with Gasteiger partial charge in [-0.05, 0) is 67.4 Å². The Bertz CT molecular complexity index is 651. The number of hydrogen-bond acceptors (Lipinski definition) is 4. The number of hydrogen-bond donors (Lipinski definition) is 1. The van der Waals surface area contributed by atoms with Crippen molar-refractivity contribution < 1.29 is 9.47 Å². The van der Waals surface area contributed by atoms with Gasteiger partial charge in [0.25, 0.3) is 0 Å². The molecule has 112 valence electrons. The van der Waals surface area contributed by atoms with Gasteiger partial charge in [-0.15, -0.1) is 0 Å². The van der Waals surface area contributed by atoms with Crippen molar-refractivity contribution >= 4 is 21.6 Å². The molecule has 0 bridgehead atoms. The first-order valence-corrected chi connectivity index (χ1v) is 7.43. The van der Waals surface area contributed by atoms with E-state index in [1.54, 1.807) is 12.1 Å². The Hall–Kier alpha value is -1.75. The van der Waals surface area contributed by atoms with Gasteiger partial charge in [0.2, 0.25) is 11.8 Å². The number of nitrogens with two attached hydrogens (primary N) is 1. The summed E-state index contributed by atoms with van der Waals surface area (Å²) >= 11 is 3.48. The smallest absolute Gasteiger partial charge is 0.241 e. The maximum absolute atomic E-state index is 5.89. The van der Waals surface area contributed by atoms with E-state index in [2.05, 4.69) is 20.9 Å². The SMILES string of the molecule is Cc1ccc(Oc2ccc(N)c(OC(C)(C)C)n2)c(Br)c1. The minimum atomic E-state index is -0.371.